The van der Waals surface area contributed by atoms with E-state index in [0.717, 1.165) is 0 Å². The largest absolute Gasteiger partial charge is 0.475 e. The number of aliphatic hydroxyl groups excluding tert-OH is 1. The monoisotopic (exact) mass is 362 g/mol. The van der Waals surface area contributed by atoms with Crippen LogP contribution in [0.4, 0.5) is 0 Å². The first kappa shape index (κ1) is 21.5. The zero-order chi connectivity index (χ0) is 19.7. The summed E-state index contributed by atoms with van der Waals surface area (Å²) < 4.78 is 7.84. The van der Waals surface area contributed by atoms with Crippen molar-refractivity contribution in [1.29, 1.82) is 0 Å². The maximum Gasteiger partial charge on any atom is 0.372 e. The summed E-state index contributed by atoms with van der Waals surface area (Å²) in [7, 11) is 0. The van der Waals surface area contributed by atoms with E-state index < -0.39 is 72.7 Å². The highest BCUT2D eigenvalue weighted by Crippen LogP contribution is 2.01. The lowest BCUT2D eigenvalue weighted by Gasteiger charge is -2.08. The van der Waals surface area contributed by atoms with E-state index in [0.29, 0.717) is 0 Å². The number of hydrogen-bond donors (Lipinski definition) is 3. The number of ketones is 2. The second-order valence-electron chi connectivity index (χ2n) is 4.17. The summed E-state index contributed by atoms with van der Waals surface area (Å²) in [5.41, 5.74) is 0. The molecular weight excluding hydrogens is 352 g/mol. The van der Waals surface area contributed by atoms with E-state index >= 15 is 0 Å². The summed E-state index contributed by atoms with van der Waals surface area (Å²) in [4.78, 5) is 86.1. The molecule has 1 atom stereocenters. The SMILES string of the molecule is O=C(CC(=O)C(=O)O)OC(=O)CC(O)C(=O)OC(=O)CC(=O)C(=O)O. The van der Waals surface area contributed by atoms with E-state index in [-0.39, 0.29) is 0 Å². The van der Waals surface area contributed by atoms with Gasteiger partial charge in [-0.05, 0) is 0 Å². The molecule has 0 fully saturated rings. The molecule has 0 spiro atoms. The molecule has 0 amide bonds. The van der Waals surface area contributed by atoms with Gasteiger partial charge in [-0.2, -0.15) is 0 Å². The fourth-order valence-corrected chi connectivity index (χ4v) is 1.08. The number of carboxylic acid groups (broad SMARTS) is 2. The van der Waals surface area contributed by atoms with Crippen molar-refractivity contribution in [1.82, 2.24) is 0 Å². The van der Waals surface area contributed by atoms with Crippen molar-refractivity contribution in [3.8, 4) is 0 Å². The Morgan fingerprint density at radius 3 is 1.48 bits per heavy atom. The first-order valence-electron chi connectivity index (χ1n) is 6.12. The maximum atomic E-state index is 11.2. The van der Waals surface area contributed by atoms with Gasteiger partial charge in [-0.3, -0.25) is 24.0 Å². The standard InChI is InChI=1S/C12H10O13/c13-4(10(19)20)1-7(16)24-8(17)3-6(15)12(23)25-9(18)2-5(14)11(21)22/h6,15H,1-3H2,(H,19,20)(H,21,22). The summed E-state index contributed by atoms with van der Waals surface area (Å²) in [5, 5.41) is 25.7. The maximum absolute atomic E-state index is 11.2. The molecule has 0 saturated heterocycles. The Bertz CT molecular complexity index is 643. The zero-order valence-electron chi connectivity index (χ0n) is 12.1. The predicted octanol–water partition coefficient (Wildman–Crippen LogP) is -3.04. The van der Waals surface area contributed by atoms with E-state index in [1.807, 2.05) is 0 Å². The molecule has 0 heterocycles. The average Bonchev–Trinajstić information content (AvgIpc) is 2.45. The van der Waals surface area contributed by atoms with Crippen LogP contribution < -0.4 is 0 Å². The Morgan fingerprint density at radius 1 is 0.680 bits per heavy atom. The molecule has 136 valence electrons. The summed E-state index contributed by atoms with van der Waals surface area (Å²) >= 11 is 0. The molecule has 13 nitrogen and oxygen atoms in total. The van der Waals surface area contributed by atoms with Crippen molar-refractivity contribution in [2.24, 2.45) is 0 Å². The third-order valence-corrected chi connectivity index (χ3v) is 2.16. The number of ether oxygens (including phenoxy) is 2. The quantitative estimate of drug-likeness (QED) is 0.211. The molecule has 0 radical (unpaired) electrons. The molecule has 0 aliphatic rings. The molecule has 0 aliphatic heterocycles. The van der Waals surface area contributed by atoms with Crippen LogP contribution in [0.3, 0.4) is 0 Å². The molecule has 3 N–H and O–H groups in total. The van der Waals surface area contributed by atoms with Crippen LogP contribution in [0, 0.1) is 0 Å². The number of carboxylic acids is 2. The fourth-order valence-electron chi connectivity index (χ4n) is 1.08. The van der Waals surface area contributed by atoms with Crippen molar-refractivity contribution < 1.29 is 63.1 Å². The highest BCUT2D eigenvalue weighted by molar-refractivity contribution is 6.36. The Labute approximate surface area is 137 Å². The van der Waals surface area contributed by atoms with E-state index in [9.17, 15) is 43.5 Å². The summed E-state index contributed by atoms with van der Waals surface area (Å²) in [5.74, 6) is -13.5. The summed E-state index contributed by atoms with van der Waals surface area (Å²) in [6.07, 6.45) is -6.07. The van der Waals surface area contributed by atoms with Crippen molar-refractivity contribution in [2.75, 3.05) is 0 Å². The minimum atomic E-state index is -2.31. The topological polar surface area (TPSA) is 216 Å². The first-order chi connectivity index (χ1) is 11.4. The normalized spacial score (nSPS) is 10.9. The van der Waals surface area contributed by atoms with Crippen molar-refractivity contribution in [2.45, 2.75) is 25.4 Å². The van der Waals surface area contributed by atoms with Crippen molar-refractivity contribution >= 4 is 47.4 Å². The molecule has 0 bridgehead atoms. The predicted molar refractivity (Wildman–Crippen MR) is 67.3 cm³/mol. The average molecular weight is 362 g/mol. The third kappa shape index (κ3) is 8.65. The third-order valence-electron chi connectivity index (χ3n) is 2.16. The number of Topliss-reactive ketones (excluding diaryl/α,β-unsaturated/α-hetero) is 2. The number of esters is 4. The first-order valence-corrected chi connectivity index (χ1v) is 6.12. The summed E-state index contributed by atoms with van der Waals surface area (Å²) in [6, 6.07) is 0. The van der Waals surface area contributed by atoms with Gasteiger partial charge >= 0.3 is 35.8 Å². The Balaban J connectivity index is 4.40. The highest BCUT2D eigenvalue weighted by atomic mass is 16.6. The van der Waals surface area contributed by atoms with Gasteiger partial charge in [0, 0.05) is 0 Å². The van der Waals surface area contributed by atoms with Gasteiger partial charge in [-0.25, -0.2) is 14.4 Å². The molecule has 13 heteroatoms. The number of rotatable bonds is 9. The van der Waals surface area contributed by atoms with Gasteiger partial charge in [0.05, 0.1) is 6.42 Å². The lowest BCUT2D eigenvalue weighted by molar-refractivity contribution is -0.172. The fraction of sp³-hybridized carbons (Fsp3) is 0.333. The van der Waals surface area contributed by atoms with E-state index in [1.165, 1.54) is 0 Å². The van der Waals surface area contributed by atoms with Crippen LogP contribution >= 0.6 is 0 Å². The molecule has 0 aromatic rings. The molecule has 1 unspecified atom stereocenters. The smallest absolute Gasteiger partial charge is 0.372 e. The highest BCUT2D eigenvalue weighted by Gasteiger charge is 2.28. The Morgan fingerprint density at radius 2 is 1.08 bits per heavy atom. The second kappa shape index (κ2) is 9.61. The number of hydrogen-bond acceptors (Lipinski definition) is 11. The van der Waals surface area contributed by atoms with Crippen LogP contribution in [0.1, 0.15) is 19.3 Å². The van der Waals surface area contributed by atoms with Crippen LogP contribution in [-0.2, 0) is 47.8 Å². The van der Waals surface area contributed by atoms with Gasteiger partial charge in [0.15, 0.2) is 6.10 Å². The Kier molecular flexibility index (Phi) is 8.27. The van der Waals surface area contributed by atoms with Gasteiger partial charge in [-0.15, -0.1) is 0 Å². The summed E-state index contributed by atoms with van der Waals surface area (Å²) in [6.45, 7) is 0. The van der Waals surface area contributed by atoms with Gasteiger partial charge in [0.1, 0.15) is 12.8 Å². The van der Waals surface area contributed by atoms with Crippen molar-refractivity contribution in [3.63, 3.8) is 0 Å². The van der Waals surface area contributed by atoms with Gasteiger partial charge in [-0.1, -0.05) is 0 Å². The molecule has 0 rings (SSSR count). The molecule has 0 aromatic heterocycles. The van der Waals surface area contributed by atoms with E-state index in [2.05, 4.69) is 9.47 Å². The zero-order valence-corrected chi connectivity index (χ0v) is 12.1. The lowest BCUT2D eigenvalue weighted by Crippen LogP contribution is -2.31. The van der Waals surface area contributed by atoms with Crippen LogP contribution in [0.25, 0.3) is 0 Å². The van der Waals surface area contributed by atoms with Crippen LogP contribution in [0.15, 0.2) is 0 Å². The molecule has 0 aromatic carbocycles. The van der Waals surface area contributed by atoms with Crippen LogP contribution in [0.5, 0.6) is 0 Å². The minimum absolute atomic E-state index is 1.20. The van der Waals surface area contributed by atoms with Crippen molar-refractivity contribution in [3.05, 3.63) is 0 Å². The lowest BCUT2D eigenvalue weighted by atomic mass is 10.2. The van der Waals surface area contributed by atoms with Gasteiger partial charge in [0.2, 0.25) is 0 Å². The van der Waals surface area contributed by atoms with Crippen LogP contribution in [-0.4, -0.2) is 68.8 Å². The number of carbonyl (C=O) groups excluding carboxylic acids is 6. The molecule has 0 aliphatic carbocycles. The Hall–Kier alpha value is -3.48. The van der Waals surface area contributed by atoms with E-state index in [1.54, 1.807) is 0 Å². The number of carbonyl (C=O) groups is 8. The van der Waals surface area contributed by atoms with Gasteiger partial charge < -0.3 is 24.8 Å². The minimum Gasteiger partial charge on any atom is -0.475 e. The molecule has 0 saturated carbocycles. The van der Waals surface area contributed by atoms with Crippen LogP contribution in [0.2, 0.25) is 0 Å². The van der Waals surface area contributed by atoms with E-state index in [4.69, 9.17) is 10.2 Å². The second-order valence-corrected chi connectivity index (χ2v) is 4.17. The number of aliphatic carboxylic acids is 2. The number of aliphatic hydroxyl groups is 1. The molecule has 25 heavy (non-hydrogen) atoms. The molecular formula is C12H10O13. The van der Waals surface area contributed by atoms with Gasteiger partial charge in [0.25, 0.3) is 11.6 Å².